The molecule has 0 spiro atoms. The number of nitrogens with one attached hydrogen (secondary N) is 1. The number of rotatable bonds is 5. The highest BCUT2D eigenvalue weighted by Gasteiger charge is 2.35. The van der Waals surface area contributed by atoms with Gasteiger partial charge in [-0.15, -0.1) is 4.83 Å². The summed E-state index contributed by atoms with van der Waals surface area (Å²) in [5.41, 5.74) is 0.693. The molecule has 1 fully saturated rings. The van der Waals surface area contributed by atoms with Gasteiger partial charge in [0.05, 0.1) is 22.1 Å². The maximum Gasteiger partial charge on any atom is 0.257 e. The lowest BCUT2D eigenvalue weighted by Gasteiger charge is -2.22. The second-order valence-electron chi connectivity index (χ2n) is 5.60. The minimum atomic E-state index is -3.95. The van der Waals surface area contributed by atoms with Crippen LogP contribution in [0.15, 0.2) is 52.3 Å². The van der Waals surface area contributed by atoms with Gasteiger partial charge in [0.1, 0.15) is 5.75 Å². The van der Waals surface area contributed by atoms with Crippen LogP contribution >= 0.6 is 47.2 Å². The molecule has 0 aliphatic carbocycles. The maximum absolute atomic E-state index is 12.6. The molecule has 1 aliphatic heterocycles. The van der Waals surface area contributed by atoms with Crippen LogP contribution in [0.5, 0.6) is 5.75 Å². The van der Waals surface area contributed by atoms with Crippen LogP contribution in [0, 0.1) is 0 Å². The molecular weight excluding hydrogens is 463 g/mol. The number of hydrazine groups is 1. The van der Waals surface area contributed by atoms with Crippen molar-refractivity contribution >= 4 is 67.6 Å². The van der Waals surface area contributed by atoms with Crippen LogP contribution in [0.3, 0.4) is 0 Å². The average Bonchev–Trinajstić information content (AvgIpc) is 2.92. The summed E-state index contributed by atoms with van der Waals surface area (Å²) in [5.74, 6) is 0.526. The summed E-state index contributed by atoms with van der Waals surface area (Å²) in [7, 11) is -2.46. The number of hydrogen-bond donors (Lipinski definition) is 2. The first-order valence-corrected chi connectivity index (χ1v) is 11.2. The molecule has 28 heavy (non-hydrogen) atoms. The van der Waals surface area contributed by atoms with Crippen molar-refractivity contribution in [1.29, 1.82) is 0 Å². The molecule has 2 N–H and O–H groups in total. The van der Waals surface area contributed by atoms with Crippen molar-refractivity contribution in [2.45, 2.75) is 11.1 Å². The van der Waals surface area contributed by atoms with Crippen molar-refractivity contribution in [3.8, 4) is 5.75 Å². The summed E-state index contributed by atoms with van der Waals surface area (Å²) < 4.78 is 30.4. The predicted octanol–water partition coefficient (Wildman–Crippen LogP) is 3.89. The first-order valence-electron chi connectivity index (χ1n) is 7.73. The van der Waals surface area contributed by atoms with E-state index in [1.807, 2.05) is 0 Å². The molecule has 11 heteroatoms. The van der Waals surface area contributed by atoms with Crippen molar-refractivity contribution in [1.82, 2.24) is 9.84 Å². The van der Waals surface area contributed by atoms with Crippen molar-refractivity contribution < 1.29 is 18.3 Å². The van der Waals surface area contributed by atoms with E-state index in [1.165, 1.54) is 31.4 Å². The van der Waals surface area contributed by atoms with Gasteiger partial charge in [0.2, 0.25) is 0 Å². The lowest BCUT2D eigenvalue weighted by molar-refractivity contribution is 0.0880. The van der Waals surface area contributed by atoms with E-state index in [2.05, 4.69) is 4.83 Å². The number of aliphatic hydroxyl groups is 1. The van der Waals surface area contributed by atoms with Gasteiger partial charge < -0.3 is 9.84 Å². The van der Waals surface area contributed by atoms with Gasteiger partial charge in [-0.3, -0.25) is 0 Å². The van der Waals surface area contributed by atoms with Crippen LogP contribution in [-0.2, 0) is 10.0 Å². The fourth-order valence-electron chi connectivity index (χ4n) is 2.32. The molecule has 148 valence electrons. The average molecular weight is 477 g/mol. The lowest BCUT2D eigenvalue weighted by Crippen LogP contribution is -2.46. The number of thiocarbonyl (C=S) groups is 1. The van der Waals surface area contributed by atoms with E-state index in [4.69, 9.17) is 40.2 Å². The molecule has 1 unspecified atom stereocenters. The molecule has 0 aromatic heterocycles. The SMILES string of the molecule is COc1ccc(S(=O)(=O)NN2C(=S)S/C(=C\c3ccc(Cl)c(Cl)c3)C2O)cc1. The molecule has 1 heterocycles. The Morgan fingerprint density at radius 1 is 1.21 bits per heavy atom. The minimum Gasteiger partial charge on any atom is -0.497 e. The molecule has 2 aromatic carbocycles. The van der Waals surface area contributed by atoms with E-state index < -0.39 is 16.3 Å². The number of sulfonamides is 1. The fourth-order valence-corrected chi connectivity index (χ4v) is 5.08. The Hall–Kier alpha value is -1.33. The first kappa shape index (κ1) is 21.4. The molecule has 0 radical (unpaired) electrons. The van der Waals surface area contributed by atoms with Gasteiger partial charge in [0.15, 0.2) is 10.5 Å². The topological polar surface area (TPSA) is 78.9 Å². The first-order chi connectivity index (χ1) is 13.2. The van der Waals surface area contributed by atoms with Crippen molar-refractivity contribution in [2.24, 2.45) is 0 Å². The molecule has 2 aromatic rings. The third kappa shape index (κ3) is 4.62. The maximum atomic E-state index is 12.6. The highest BCUT2D eigenvalue weighted by atomic mass is 35.5. The number of methoxy groups -OCH3 is 1. The Morgan fingerprint density at radius 2 is 1.89 bits per heavy atom. The van der Waals surface area contributed by atoms with Crippen LogP contribution in [0.25, 0.3) is 6.08 Å². The fraction of sp³-hybridized carbons (Fsp3) is 0.118. The smallest absolute Gasteiger partial charge is 0.257 e. The van der Waals surface area contributed by atoms with Gasteiger partial charge in [-0.1, -0.05) is 53.2 Å². The van der Waals surface area contributed by atoms with Gasteiger partial charge in [-0.2, -0.15) is 0 Å². The van der Waals surface area contributed by atoms with E-state index in [0.717, 1.165) is 16.8 Å². The van der Waals surface area contributed by atoms with E-state index >= 15 is 0 Å². The highest BCUT2D eigenvalue weighted by molar-refractivity contribution is 8.26. The second kappa shape index (κ2) is 8.58. The van der Waals surface area contributed by atoms with Gasteiger partial charge in [0.25, 0.3) is 10.0 Å². The van der Waals surface area contributed by atoms with Crippen LogP contribution in [0.4, 0.5) is 0 Å². The highest BCUT2D eigenvalue weighted by Crippen LogP contribution is 2.35. The summed E-state index contributed by atoms with van der Waals surface area (Å²) in [6.07, 6.45) is 0.380. The quantitative estimate of drug-likeness (QED) is 0.633. The lowest BCUT2D eigenvalue weighted by atomic mass is 10.2. The summed E-state index contributed by atoms with van der Waals surface area (Å²) in [4.78, 5) is 2.76. The summed E-state index contributed by atoms with van der Waals surface area (Å²) in [5, 5.41) is 12.3. The molecule has 0 saturated carbocycles. The van der Waals surface area contributed by atoms with Gasteiger partial charge in [-0.05, 0) is 48.0 Å². The minimum absolute atomic E-state index is 0.00946. The number of nitrogens with zero attached hydrogens (tertiary/aromatic N) is 1. The third-order valence-corrected chi connectivity index (χ3v) is 7.19. The molecular formula is C17H14Cl2N2O4S3. The molecule has 0 amide bonds. The third-order valence-electron chi connectivity index (χ3n) is 3.74. The summed E-state index contributed by atoms with van der Waals surface area (Å²) in [6, 6.07) is 10.8. The Labute approximate surface area is 182 Å². The van der Waals surface area contributed by atoms with E-state index in [1.54, 1.807) is 24.3 Å². The molecule has 1 saturated heterocycles. The van der Waals surface area contributed by atoms with Crippen LogP contribution in [0.1, 0.15) is 5.56 Å². The molecule has 3 rings (SSSR count). The number of halogens is 2. The largest absolute Gasteiger partial charge is 0.497 e. The summed E-state index contributed by atoms with van der Waals surface area (Å²) >= 11 is 18.2. The molecule has 1 atom stereocenters. The number of ether oxygens (including phenoxy) is 1. The van der Waals surface area contributed by atoms with Gasteiger partial charge >= 0.3 is 0 Å². The Bertz CT molecular complexity index is 1040. The molecule has 0 bridgehead atoms. The number of benzene rings is 2. The zero-order chi connectivity index (χ0) is 20.5. The van der Waals surface area contributed by atoms with E-state index in [0.29, 0.717) is 26.3 Å². The Balaban J connectivity index is 1.81. The normalized spacial score (nSPS) is 18.7. The number of aliphatic hydroxyl groups excluding tert-OH is 1. The zero-order valence-electron chi connectivity index (χ0n) is 14.3. The van der Waals surface area contributed by atoms with Crippen molar-refractivity contribution in [3.63, 3.8) is 0 Å². The molecule has 1 aliphatic rings. The second-order valence-corrected chi connectivity index (χ2v) is 9.78. The number of hydrogen-bond acceptors (Lipinski definition) is 6. The Kier molecular flexibility index (Phi) is 6.55. The van der Waals surface area contributed by atoms with E-state index in [9.17, 15) is 13.5 Å². The standard InChI is InChI=1S/C17H14Cl2N2O4S3/c1-25-11-3-5-12(6-4-11)28(23,24)20-21-16(22)15(27-17(21)26)9-10-2-7-13(18)14(19)8-10/h2-9,16,20,22H,1H3/b15-9-. The predicted molar refractivity (Wildman–Crippen MR) is 116 cm³/mol. The van der Waals surface area contributed by atoms with Gasteiger partial charge in [0, 0.05) is 4.91 Å². The van der Waals surface area contributed by atoms with Crippen LogP contribution in [0.2, 0.25) is 10.0 Å². The van der Waals surface area contributed by atoms with Crippen LogP contribution in [-0.4, -0.2) is 36.2 Å². The number of thioether (sulfide) groups is 1. The summed E-state index contributed by atoms with van der Waals surface area (Å²) in [6.45, 7) is 0. The van der Waals surface area contributed by atoms with Crippen LogP contribution < -0.4 is 9.57 Å². The Morgan fingerprint density at radius 3 is 2.50 bits per heavy atom. The van der Waals surface area contributed by atoms with Crippen molar-refractivity contribution in [3.05, 3.63) is 63.0 Å². The van der Waals surface area contributed by atoms with Crippen molar-refractivity contribution in [2.75, 3.05) is 7.11 Å². The van der Waals surface area contributed by atoms with Gasteiger partial charge in [-0.25, -0.2) is 13.4 Å². The monoisotopic (exact) mass is 476 g/mol. The van der Waals surface area contributed by atoms with E-state index in [-0.39, 0.29) is 9.22 Å². The molecule has 6 nitrogen and oxygen atoms in total. The zero-order valence-corrected chi connectivity index (χ0v) is 18.3.